The highest BCUT2D eigenvalue weighted by atomic mass is 19.1. The lowest BCUT2D eigenvalue weighted by molar-refractivity contribution is -0.160. The number of amides is 1. The molecule has 1 N–H and O–H groups in total. The summed E-state index contributed by atoms with van der Waals surface area (Å²) >= 11 is 0. The molecule has 0 radical (unpaired) electrons. The molecule has 0 aliphatic carbocycles. The Hall–Kier alpha value is -1.70. The number of hydrogen-bond acceptors (Lipinski definition) is 5. The van der Waals surface area contributed by atoms with Crippen LogP contribution in [0.4, 0.5) is 4.39 Å². The number of rotatable bonds is 5. The Bertz CT molecular complexity index is 626. The third-order valence-electron chi connectivity index (χ3n) is 5.49. The number of piperidine rings is 1. The third kappa shape index (κ3) is 4.00. The molecule has 0 bridgehead atoms. The standard InChI is InChI=1S/C19H28FN3O3/c1-25-17-4-3-16(20)13-15(17)14-22-9-11-23(12-10-22)18(24)19(26-2)5-7-21-8-6-19/h3-4,13,21H,5-12,14H2,1-2H3. The molecule has 0 saturated carbocycles. The smallest absolute Gasteiger partial charge is 0.254 e. The zero-order chi connectivity index (χ0) is 18.6. The predicted octanol–water partition coefficient (Wildman–Crippen LogP) is 1.25. The van der Waals surface area contributed by atoms with E-state index in [9.17, 15) is 9.18 Å². The maximum absolute atomic E-state index is 13.5. The highest BCUT2D eigenvalue weighted by Gasteiger charge is 2.42. The van der Waals surface area contributed by atoms with Crippen molar-refractivity contribution in [3.05, 3.63) is 29.6 Å². The largest absolute Gasteiger partial charge is 0.496 e. The van der Waals surface area contributed by atoms with Gasteiger partial charge < -0.3 is 19.7 Å². The van der Waals surface area contributed by atoms with Gasteiger partial charge in [-0.05, 0) is 44.1 Å². The topological polar surface area (TPSA) is 54.0 Å². The first-order valence-corrected chi connectivity index (χ1v) is 9.18. The van der Waals surface area contributed by atoms with E-state index in [2.05, 4.69) is 10.2 Å². The highest BCUT2D eigenvalue weighted by Crippen LogP contribution is 2.26. The molecule has 0 unspecified atom stereocenters. The van der Waals surface area contributed by atoms with Gasteiger partial charge in [0, 0.05) is 45.4 Å². The van der Waals surface area contributed by atoms with Crippen molar-refractivity contribution in [2.45, 2.75) is 25.0 Å². The minimum Gasteiger partial charge on any atom is -0.496 e. The molecular formula is C19H28FN3O3. The lowest BCUT2D eigenvalue weighted by Crippen LogP contribution is -2.59. The normalized spacial score (nSPS) is 20.8. The van der Waals surface area contributed by atoms with E-state index in [1.54, 1.807) is 20.3 Å². The monoisotopic (exact) mass is 365 g/mol. The van der Waals surface area contributed by atoms with Crippen molar-refractivity contribution in [2.75, 3.05) is 53.5 Å². The van der Waals surface area contributed by atoms with Crippen LogP contribution < -0.4 is 10.1 Å². The van der Waals surface area contributed by atoms with Crippen LogP contribution >= 0.6 is 0 Å². The molecule has 3 rings (SSSR count). The predicted molar refractivity (Wildman–Crippen MR) is 96.7 cm³/mol. The van der Waals surface area contributed by atoms with Gasteiger partial charge in [-0.2, -0.15) is 0 Å². The molecule has 144 valence electrons. The zero-order valence-corrected chi connectivity index (χ0v) is 15.6. The molecule has 1 aromatic carbocycles. The van der Waals surface area contributed by atoms with Gasteiger partial charge in [-0.3, -0.25) is 9.69 Å². The van der Waals surface area contributed by atoms with Crippen LogP contribution in [0.2, 0.25) is 0 Å². The Morgan fingerprint density at radius 2 is 1.88 bits per heavy atom. The summed E-state index contributed by atoms with van der Waals surface area (Å²) in [4.78, 5) is 17.1. The number of hydrogen-bond donors (Lipinski definition) is 1. The van der Waals surface area contributed by atoms with Gasteiger partial charge in [-0.15, -0.1) is 0 Å². The van der Waals surface area contributed by atoms with E-state index in [1.165, 1.54) is 12.1 Å². The van der Waals surface area contributed by atoms with Crippen molar-refractivity contribution in [1.82, 2.24) is 15.1 Å². The Morgan fingerprint density at radius 3 is 2.50 bits per heavy atom. The van der Waals surface area contributed by atoms with E-state index >= 15 is 0 Å². The lowest BCUT2D eigenvalue weighted by Gasteiger charge is -2.42. The summed E-state index contributed by atoms with van der Waals surface area (Å²) in [6, 6.07) is 4.58. The maximum Gasteiger partial charge on any atom is 0.254 e. The molecule has 2 heterocycles. The number of ether oxygens (including phenoxy) is 2. The Labute approximate surface area is 154 Å². The zero-order valence-electron chi connectivity index (χ0n) is 15.6. The minimum absolute atomic E-state index is 0.101. The van der Waals surface area contributed by atoms with E-state index in [4.69, 9.17) is 9.47 Å². The summed E-state index contributed by atoms with van der Waals surface area (Å²) in [5.74, 6) is 0.532. The summed E-state index contributed by atoms with van der Waals surface area (Å²) in [5.41, 5.74) is 0.151. The number of nitrogens with zero attached hydrogens (tertiary/aromatic N) is 2. The SMILES string of the molecule is COc1ccc(F)cc1CN1CCN(C(=O)C2(OC)CCNCC2)CC1. The molecule has 6 nitrogen and oxygen atoms in total. The van der Waals surface area contributed by atoms with Gasteiger partial charge in [-0.1, -0.05) is 0 Å². The van der Waals surface area contributed by atoms with Gasteiger partial charge in [0.1, 0.15) is 17.2 Å². The molecule has 2 saturated heterocycles. The van der Waals surface area contributed by atoms with Crippen molar-refractivity contribution in [2.24, 2.45) is 0 Å². The van der Waals surface area contributed by atoms with Gasteiger partial charge in [0.25, 0.3) is 5.91 Å². The first kappa shape index (κ1) is 19.1. The fraction of sp³-hybridized carbons (Fsp3) is 0.632. The van der Waals surface area contributed by atoms with E-state index in [0.717, 1.165) is 31.7 Å². The Morgan fingerprint density at radius 1 is 1.19 bits per heavy atom. The van der Waals surface area contributed by atoms with E-state index < -0.39 is 5.60 Å². The third-order valence-corrected chi connectivity index (χ3v) is 5.49. The van der Waals surface area contributed by atoms with Crippen LogP contribution in [-0.4, -0.2) is 74.8 Å². The Balaban J connectivity index is 1.59. The van der Waals surface area contributed by atoms with Crippen LogP contribution in [0.3, 0.4) is 0 Å². The maximum atomic E-state index is 13.5. The fourth-order valence-corrected chi connectivity index (χ4v) is 3.84. The van der Waals surface area contributed by atoms with E-state index in [0.29, 0.717) is 38.2 Å². The number of carbonyl (C=O) groups excluding carboxylic acids is 1. The molecule has 26 heavy (non-hydrogen) atoms. The van der Waals surface area contributed by atoms with Gasteiger partial charge in [-0.25, -0.2) is 4.39 Å². The molecule has 2 fully saturated rings. The van der Waals surface area contributed by atoms with E-state index in [-0.39, 0.29) is 11.7 Å². The first-order chi connectivity index (χ1) is 12.6. The summed E-state index contributed by atoms with van der Waals surface area (Å²) in [5, 5.41) is 3.28. The number of nitrogens with one attached hydrogen (secondary N) is 1. The average molecular weight is 365 g/mol. The van der Waals surface area contributed by atoms with Crippen LogP contribution in [0, 0.1) is 5.82 Å². The Kier molecular flexibility index (Phi) is 6.11. The molecule has 2 aliphatic heterocycles. The van der Waals surface area contributed by atoms with Gasteiger partial charge >= 0.3 is 0 Å². The second-order valence-corrected chi connectivity index (χ2v) is 6.97. The molecule has 0 atom stereocenters. The number of halogens is 1. The summed E-state index contributed by atoms with van der Waals surface area (Å²) < 4.78 is 24.5. The molecule has 0 spiro atoms. The van der Waals surface area contributed by atoms with Crippen LogP contribution in [0.5, 0.6) is 5.75 Å². The second-order valence-electron chi connectivity index (χ2n) is 6.97. The molecular weight excluding hydrogens is 337 g/mol. The molecule has 2 aliphatic rings. The number of carbonyl (C=O) groups is 1. The number of benzene rings is 1. The summed E-state index contributed by atoms with van der Waals surface area (Å²) in [6.45, 7) is 5.05. The van der Waals surface area contributed by atoms with Crippen LogP contribution in [-0.2, 0) is 16.1 Å². The quantitative estimate of drug-likeness (QED) is 0.851. The molecule has 1 amide bonds. The minimum atomic E-state index is -0.681. The molecule has 0 aromatic heterocycles. The van der Waals surface area contributed by atoms with Crippen molar-refractivity contribution in [3.8, 4) is 5.75 Å². The molecule has 7 heteroatoms. The highest BCUT2D eigenvalue weighted by molar-refractivity contribution is 5.85. The van der Waals surface area contributed by atoms with Crippen LogP contribution in [0.25, 0.3) is 0 Å². The number of methoxy groups -OCH3 is 2. The second kappa shape index (κ2) is 8.33. The molecule has 1 aromatic rings. The fourth-order valence-electron chi connectivity index (χ4n) is 3.84. The summed E-state index contributed by atoms with van der Waals surface area (Å²) in [7, 11) is 3.23. The van der Waals surface area contributed by atoms with Crippen molar-refractivity contribution in [1.29, 1.82) is 0 Å². The average Bonchev–Trinajstić information content (AvgIpc) is 2.69. The first-order valence-electron chi connectivity index (χ1n) is 9.18. The van der Waals surface area contributed by atoms with Crippen molar-refractivity contribution >= 4 is 5.91 Å². The lowest BCUT2D eigenvalue weighted by atomic mass is 9.90. The summed E-state index contributed by atoms with van der Waals surface area (Å²) in [6.07, 6.45) is 1.42. The van der Waals surface area contributed by atoms with Crippen LogP contribution in [0.15, 0.2) is 18.2 Å². The number of piperazine rings is 1. The van der Waals surface area contributed by atoms with Gasteiger partial charge in [0.15, 0.2) is 0 Å². The van der Waals surface area contributed by atoms with Gasteiger partial charge in [0.05, 0.1) is 7.11 Å². The van der Waals surface area contributed by atoms with E-state index in [1.807, 2.05) is 4.90 Å². The van der Waals surface area contributed by atoms with Crippen LogP contribution in [0.1, 0.15) is 18.4 Å². The van der Waals surface area contributed by atoms with Crippen molar-refractivity contribution in [3.63, 3.8) is 0 Å². The van der Waals surface area contributed by atoms with Crippen molar-refractivity contribution < 1.29 is 18.7 Å². The van der Waals surface area contributed by atoms with Gasteiger partial charge in [0.2, 0.25) is 0 Å².